The van der Waals surface area contributed by atoms with E-state index in [1.807, 2.05) is 19.1 Å². The molecule has 1 aliphatic rings. The molecular weight excluding hydrogens is 220 g/mol. The van der Waals surface area contributed by atoms with Crippen molar-refractivity contribution < 1.29 is 4.79 Å². The van der Waals surface area contributed by atoms with E-state index in [9.17, 15) is 4.79 Å². The van der Waals surface area contributed by atoms with Crippen LogP contribution < -0.4 is 11.3 Å². The first-order valence-corrected chi connectivity index (χ1v) is 4.43. The van der Waals surface area contributed by atoms with Crippen LogP contribution in [-0.4, -0.2) is 10.2 Å². The van der Waals surface area contributed by atoms with Crippen molar-refractivity contribution in [2.75, 3.05) is 0 Å². The summed E-state index contributed by atoms with van der Waals surface area (Å²) in [6.45, 7) is 2.00. The van der Waals surface area contributed by atoms with Crippen LogP contribution in [0.25, 0.3) is 0 Å². The average Bonchev–Trinajstić information content (AvgIpc) is 2.01. The highest BCUT2D eigenvalue weighted by Crippen LogP contribution is 2.30. The van der Waals surface area contributed by atoms with Crippen molar-refractivity contribution in [1.82, 2.24) is 5.43 Å². The normalized spacial score (nSPS) is 28.1. The van der Waals surface area contributed by atoms with Crippen LogP contribution in [0.4, 0.5) is 0 Å². The quantitative estimate of drug-likeness (QED) is 0.306. The van der Waals surface area contributed by atoms with Gasteiger partial charge >= 0.3 is 0 Å². The summed E-state index contributed by atoms with van der Waals surface area (Å²) in [5.41, 5.74) is 2.80. The van der Waals surface area contributed by atoms with Crippen LogP contribution in [0.5, 0.6) is 0 Å². The number of hydrogen-bond donors (Lipinski definition) is 2. The van der Waals surface area contributed by atoms with E-state index in [0.717, 1.165) is 0 Å². The van der Waals surface area contributed by atoms with Crippen molar-refractivity contribution in [1.29, 1.82) is 0 Å². The lowest BCUT2D eigenvalue weighted by Gasteiger charge is -2.21. The van der Waals surface area contributed by atoms with Crippen molar-refractivity contribution in [3.8, 4) is 0 Å². The van der Waals surface area contributed by atoms with Gasteiger partial charge in [0, 0.05) is 9.90 Å². The molecule has 1 rings (SSSR count). The van der Waals surface area contributed by atoms with Gasteiger partial charge in [-0.3, -0.25) is 10.2 Å². The number of alkyl halides is 1. The number of hydrogen-bond acceptors (Lipinski definition) is 2. The number of allylic oxidation sites excluding steroid dienone is 3. The van der Waals surface area contributed by atoms with E-state index in [4.69, 9.17) is 5.84 Å². The number of carbonyl (C=O) groups is 1. The fourth-order valence-corrected chi connectivity index (χ4v) is 1.56. The van der Waals surface area contributed by atoms with Gasteiger partial charge < -0.3 is 0 Å². The lowest BCUT2D eigenvalue weighted by molar-refractivity contribution is -0.117. The monoisotopic (exact) mass is 230 g/mol. The number of nitrogens with two attached hydrogens (primary N) is 1. The third kappa shape index (κ3) is 2.19. The van der Waals surface area contributed by atoms with E-state index < -0.39 is 0 Å². The van der Waals surface area contributed by atoms with E-state index >= 15 is 0 Å². The van der Waals surface area contributed by atoms with Gasteiger partial charge in [0.1, 0.15) is 0 Å². The third-order valence-corrected chi connectivity index (χ3v) is 2.24. The molecule has 3 N–H and O–H groups in total. The minimum absolute atomic E-state index is 0.121. The van der Waals surface area contributed by atoms with Crippen LogP contribution in [0.3, 0.4) is 0 Å². The molecule has 1 aliphatic carbocycles. The van der Waals surface area contributed by atoms with Crippen molar-refractivity contribution >= 4 is 21.8 Å². The third-order valence-electron chi connectivity index (χ3n) is 1.70. The van der Waals surface area contributed by atoms with E-state index in [2.05, 4.69) is 21.4 Å². The van der Waals surface area contributed by atoms with Crippen molar-refractivity contribution in [3.63, 3.8) is 0 Å². The first kappa shape index (κ1) is 9.48. The topological polar surface area (TPSA) is 55.1 Å². The van der Waals surface area contributed by atoms with Crippen molar-refractivity contribution in [3.05, 3.63) is 23.8 Å². The standard InChI is InChI=1S/C8H11BrN2O/c1-8(9)4-2-3-6(5-8)7(12)11-10/h2-4H,5,10H2,1H3,(H,11,12). The summed E-state index contributed by atoms with van der Waals surface area (Å²) < 4.78 is -0.121. The highest BCUT2D eigenvalue weighted by Gasteiger charge is 2.23. The van der Waals surface area contributed by atoms with Gasteiger partial charge in [0.2, 0.25) is 0 Å². The Morgan fingerprint density at radius 2 is 2.50 bits per heavy atom. The molecular formula is C8H11BrN2O. The number of carbonyl (C=O) groups excluding carboxylic acids is 1. The number of nitrogens with one attached hydrogen (secondary N) is 1. The minimum Gasteiger partial charge on any atom is -0.290 e. The van der Waals surface area contributed by atoms with Crippen LogP contribution >= 0.6 is 15.9 Å². The zero-order valence-corrected chi connectivity index (χ0v) is 8.39. The largest absolute Gasteiger partial charge is 0.290 e. The SMILES string of the molecule is CC1(Br)C=CC=C(C(=O)NN)C1. The van der Waals surface area contributed by atoms with Gasteiger partial charge in [0.15, 0.2) is 0 Å². The lowest BCUT2D eigenvalue weighted by atomic mass is 9.95. The fraction of sp³-hybridized carbons (Fsp3) is 0.375. The van der Waals surface area contributed by atoms with Crippen molar-refractivity contribution in [2.24, 2.45) is 5.84 Å². The molecule has 0 heterocycles. The maximum absolute atomic E-state index is 11.1. The second kappa shape index (κ2) is 3.41. The first-order valence-electron chi connectivity index (χ1n) is 3.63. The Bertz CT molecular complexity index is 256. The Hall–Kier alpha value is -0.610. The molecule has 0 aromatic rings. The summed E-state index contributed by atoms with van der Waals surface area (Å²) >= 11 is 3.48. The number of amides is 1. The molecule has 1 unspecified atom stereocenters. The maximum atomic E-state index is 11.1. The molecule has 12 heavy (non-hydrogen) atoms. The molecule has 66 valence electrons. The summed E-state index contributed by atoms with van der Waals surface area (Å²) in [6.07, 6.45) is 6.28. The van der Waals surface area contributed by atoms with Gasteiger partial charge in [-0.1, -0.05) is 34.2 Å². The van der Waals surface area contributed by atoms with Crippen molar-refractivity contribution in [2.45, 2.75) is 17.7 Å². The molecule has 0 aromatic carbocycles. The zero-order chi connectivity index (χ0) is 9.19. The predicted molar refractivity (Wildman–Crippen MR) is 51.5 cm³/mol. The van der Waals surface area contributed by atoms with Gasteiger partial charge in [-0.15, -0.1) is 0 Å². The maximum Gasteiger partial charge on any atom is 0.261 e. The molecule has 4 heteroatoms. The van der Waals surface area contributed by atoms with E-state index in [1.54, 1.807) is 6.08 Å². The van der Waals surface area contributed by atoms with Crippen LogP contribution in [0.1, 0.15) is 13.3 Å². The molecule has 0 radical (unpaired) electrons. The summed E-state index contributed by atoms with van der Waals surface area (Å²) in [7, 11) is 0. The Labute approximate surface area is 79.8 Å². The second-order valence-electron chi connectivity index (χ2n) is 2.98. The fourth-order valence-electron chi connectivity index (χ4n) is 1.10. The molecule has 0 bridgehead atoms. The molecule has 0 saturated heterocycles. The Morgan fingerprint density at radius 3 is 3.00 bits per heavy atom. The predicted octanol–water partition coefficient (Wildman–Crippen LogP) is 1.02. The summed E-state index contributed by atoms with van der Waals surface area (Å²) in [5, 5.41) is 0. The highest BCUT2D eigenvalue weighted by molar-refractivity contribution is 9.10. The van der Waals surface area contributed by atoms with Gasteiger partial charge in [-0.25, -0.2) is 5.84 Å². The van der Waals surface area contributed by atoms with Gasteiger partial charge in [-0.05, 0) is 13.3 Å². The summed E-state index contributed by atoms with van der Waals surface area (Å²) in [5.74, 6) is 4.79. The molecule has 0 aliphatic heterocycles. The van der Waals surface area contributed by atoms with Gasteiger partial charge in [-0.2, -0.15) is 0 Å². The smallest absolute Gasteiger partial charge is 0.261 e. The number of hydrazine groups is 1. The minimum atomic E-state index is -0.218. The highest BCUT2D eigenvalue weighted by atomic mass is 79.9. The van der Waals surface area contributed by atoms with Crippen LogP contribution in [-0.2, 0) is 4.79 Å². The van der Waals surface area contributed by atoms with E-state index in [1.165, 1.54) is 0 Å². The molecule has 0 fully saturated rings. The van der Waals surface area contributed by atoms with Gasteiger partial charge in [0.25, 0.3) is 5.91 Å². The molecule has 1 amide bonds. The second-order valence-corrected chi connectivity index (χ2v) is 4.79. The summed E-state index contributed by atoms with van der Waals surface area (Å²) in [4.78, 5) is 11.1. The lowest BCUT2D eigenvalue weighted by Crippen LogP contribution is -2.33. The molecule has 1 atom stereocenters. The van der Waals surface area contributed by atoms with Gasteiger partial charge in [0.05, 0.1) is 0 Å². The Balaban J connectivity index is 2.76. The Morgan fingerprint density at radius 1 is 1.83 bits per heavy atom. The zero-order valence-electron chi connectivity index (χ0n) is 6.80. The first-order chi connectivity index (χ1) is 5.55. The molecule has 0 aromatic heterocycles. The van der Waals surface area contributed by atoms with Crippen LogP contribution in [0.2, 0.25) is 0 Å². The number of halogens is 1. The number of rotatable bonds is 1. The molecule has 0 spiro atoms. The van der Waals surface area contributed by atoms with Crippen LogP contribution in [0, 0.1) is 0 Å². The van der Waals surface area contributed by atoms with Crippen LogP contribution in [0.15, 0.2) is 23.8 Å². The molecule has 0 saturated carbocycles. The molecule has 3 nitrogen and oxygen atoms in total. The average molecular weight is 231 g/mol. The van der Waals surface area contributed by atoms with E-state index in [-0.39, 0.29) is 10.2 Å². The van der Waals surface area contributed by atoms with E-state index in [0.29, 0.717) is 12.0 Å². The Kier molecular flexibility index (Phi) is 2.69. The summed E-state index contributed by atoms with van der Waals surface area (Å²) in [6, 6.07) is 0.